The summed E-state index contributed by atoms with van der Waals surface area (Å²) in [6.45, 7) is 8.63. The fourth-order valence-electron chi connectivity index (χ4n) is 4.50. The third-order valence-electron chi connectivity index (χ3n) is 6.09. The molecule has 1 atom stereocenters. The predicted molar refractivity (Wildman–Crippen MR) is 142 cm³/mol. The van der Waals surface area contributed by atoms with Crippen LogP contribution in [0, 0.1) is 0 Å². The molecule has 0 radical (unpaired) electrons. The van der Waals surface area contributed by atoms with Gasteiger partial charge in [-0.05, 0) is 69.2 Å². The van der Waals surface area contributed by atoms with Crippen LogP contribution in [0.4, 0.5) is 0 Å². The molecule has 2 aliphatic rings. The molecule has 10 heteroatoms. The van der Waals surface area contributed by atoms with Crippen molar-refractivity contribution in [3.8, 4) is 23.0 Å². The number of esters is 1. The number of thiazole rings is 1. The quantitative estimate of drug-likeness (QED) is 0.408. The largest absolute Gasteiger partial charge is 0.490 e. The van der Waals surface area contributed by atoms with Crippen LogP contribution >= 0.6 is 11.3 Å². The molecule has 0 bridgehead atoms. The number of aromatic nitrogens is 1. The summed E-state index contributed by atoms with van der Waals surface area (Å²) >= 11 is 1.26. The van der Waals surface area contributed by atoms with Crippen LogP contribution in [-0.4, -0.2) is 37.1 Å². The van der Waals surface area contributed by atoms with E-state index in [-0.39, 0.29) is 19.0 Å². The summed E-state index contributed by atoms with van der Waals surface area (Å²) in [6, 6.07) is 10.2. The summed E-state index contributed by atoms with van der Waals surface area (Å²) in [5.41, 5.74) is 2.02. The van der Waals surface area contributed by atoms with Gasteiger partial charge in [0.1, 0.15) is 0 Å². The number of carbonyl (C=O) groups excluding carboxylic acids is 1. The van der Waals surface area contributed by atoms with E-state index in [4.69, 9.17) is 23.7 Å². The molecule has 0 amide bonds. The highest BCUT2D eigenvalue weighted by Crippen LogP contribution is 2.38. The van der Waals surface area contributed by atoms with Crippen LogP contribution in [0.25, 0.3) is 6.08 Å². The van der Waals surface area contributed by atoms with Gasteiger partial charge in [0, 0.05) is 0 Å². The molecule has 3 heterocycles. The minimum atomic E-state index is -0.735. The summed E-state index contributed by atoms with van der Waals surface area (Å²) in [4.78, 5) is 32.0. The van der Waals surface area contributed by atoms with Crippen LogP contribution in [0.3, 0.4) is 0 Å². The predicted octanol–water partition coefficient (Wildman–Crippen LogP) is 3.32. The van der Waals surface area contributed by atoms with Crippen LogP contribution < -0.4 is 33.8 Å². The molecule has 0 fully saturated rings. The first kappa shape index (κ1) is 25.6. The maximum absolute atomic E-state index is 13.8. The maximum Gasteiger partial charge on any atom is 0.338 e. The van der Waals surface area contributed by atoms with Crippen LogP contribution in [0.1, 0.15) is 44.9 Å². The van der Waals surface area contributed by atoms with Gasteiger partial charge in [-0.3, -0.25) is 9.36 Å². The van der Waals surface area contributed by atoms with E-state index in [0.717, 1.165) is 5.56 Å². The molecule has 0 saturated heterocycles. The Morgan fingerprint density at radius 2 is 1.82 bits per heavy atom. The van der Waals surface area contributed by atoms with Crippen molar-refractivity contribution < 1.29 is 28.5 Å². The first-order valence-corrected chi connectivity index (χ1v) is 13.3. The lowest BCUT2D eigenvalue weighted by atomic mass is 9.95. The number of carbonyl (C=O) groups is 1. The van der Waals surface area contributed by atoms with Gasteiger partial charge in [0.25, 0.3) is 5.56 Å². The third kappa shape index (κ3) is 4.67. The molecule has 198 valence electrons. The molecule has 0 saturated carbocycles. The zero-order chi connectivity index (χ0) is 26.8. The monoisotopic (exact) mass is 536 g/mol. The van der Waals surface area contributed by atoms with E-state index in [1.54, 1.807) is 36.6 Å². The normalized spacial score (nSPS) is 16.2. The maximum atomic E-state index is 13.8. The molecule has 0 aliphatic carbocycles. The van der Waals surface area contributed by atoms with E-state index in [0.29, 0.717) is 62.4 Å². The van der Waals surface area contributed by atoms with Crippen LogP contribution in [0.5, 0.6) is 23.0 Å². The van der Waals surface area contributed by atoms with Crippen molar-refractivity contribution in [2.24, 2.45) is 4.99 Å². The average Bonchev–Trinajstić information content (AvgIpc) is 3.49. The molecule has 0 N–H and O–H groups in total. The molecule has 3 aromatic rings. The van der Waals surface area contributed by atoms with Crippen molar-refractivity contribution in [1.82, 2.24) is 4.57 Å². The van der Waals surface area contributed by atoms with Crippen molar-refractivity contribution in [2.45, 2.75) is 33.7 Å². The number of hydrogen-bond acceptors (Lipinski definition) is 9. The van der Waals surface area contributed by atoms with E-state index < -0.39 is 12.0 Å². The third-order valence-corrected chi connectivity index (χ3v) is 7.08. The summed E-state index contributed by atoms with van der Waals surface area (Å²) in [5.74, 6) is 1.90. The number of hydrogen-bond donors (Lipinski definition) is 0. The van der Waals surface area contributed by atoms with Gasteiger partial charge in [-0.2, -0.15) is 0 Å². The number of fused-ring (bicyclic) bond motifs is 2. The Kier molecular flexibility index (Phi) is 7.24. The highest BCUT2D eigenvalue weighted by molar-refractivity contribution is 7.07. The second-order valence-electron chi connectivity index (χ2n) is 8.49. The van der Waals surface area contributed by atoms with Crippen LogP contribution in [0.15, 0.2) is 57.5 Å². The molecule has 2 aromatic carbocycles. The molecule has 2 aliphatic heterocycles. The molecule has 38 heavy (non-hydrogen) atoms. The van der Waals surface area contributed by atoms with E-state index in [1.807, 2.05) is 38.1 Å². The zero-order valence-corrected chi connectivity index (χ0v) is 22.4. The average molecular weight is 537 g/mol. The van der Waals surface area contributed by atoms with Gasteiger partial charge in [0.15, 0.2) is 27.8 Å². The fraction of sp³-hybridized carbons (Fsp3) is 0.321. The molecule has 0 spiro atoms. The van der Waals surface area contributed by atoms with Gasteiger partial charge >= 0.3 is 5.97 Å². The fourth-order valence-corrected chi connectivity index (χ4v) is 5.55. The first-order chi connectivity index (χ1) is 18.4. The zero-order valence-electron chi connectivity index (χ0n) is 21.6. The molecule has 0 unspecified atom stereocenters. The number of nitrogens with zero attached hydrogens (tertiary/aromatic N) is 2. The van der Waals surface area contributed by atoms with Crippen molar-refractivity contribution in [1.29, 1.82) is 0 Å². The van der Waals surface area contributed by atoms with Gasteiger partial charge in [0.2, 0.25) is 6.79 Å². The molecular weight excluding hydrogens is 508 g/mol. The van der Waals surface area contributed by atoms with Gasteiger partial charge < -0.3 is 23.7 Å². The number of ether oxygens (including phenoxy) is 5. The van der Waals surface area contributed by atoms with Crippen molar-refractivity contribution in [2.75, 3.05) is 26.6 Å². The Morgan fingerprint density at radius 1 is 1.05 bits per heavy atom. The van der Waals surface area contributed by atoms with Gasteiger partial charge in [-0.15, -0.1) is 0 Å². The highest BCUT2D eigenvalue weighted by atomic mass is 32.1. The van der Waals surface area contributed by atoms with E-state index >= 15 is 0 Å². The van der Waals surface area contributed by atoms with Crippen molar-refractivity contribution in [3.63, 3.8) is 0 Å². The van der Waals surface area contributed by atoms with Crippen molar-refractivity contribution >= 4 is 23.4 Å². The number of benzene rings is 2. The topological polar surface area (TPSA) is 97.6 Å². The lowest BCUT2D eigenvalue weighted by molar-refractivity contribution is -0.139. The highest BCUT2D eigenvalue weighted by Gasteiger charge is 2.34. The van der Waals surface area contributed by atoms with Crippen molar-refractivity contribution in [3.05, 3.63) is 78.5 Å². The Balaban J connectivity index is 1.66. The Morgan fingerprint density at radius 3 is 2.58 bits per heavy atom. The lowest BCUT2D eigenvalue weighted by Gasteiger charge is -2.24. The summed E-state index contributed by atoms with van der Waals surface area (Å²) < 4.78 is 29.8. The minimum Gasteiger partial charge on any atom is -0.490 e. The van der Waals surface area contributed by atoms with E-state index in [2.05, 4.69) is 4.99 Å². The lowest BCUT2D eigenvalue weighted by Crippen LogP contribution is -2.39. The summed E-state index contributed by atoms with van der Waals surface area (Å²) in [6.07, 6.45) is 1.79. The summed E-state index contributed by atoms with van der Waals surface area (Å²) in [5, 5.41) is 0. The standard InChI is InChI=1S/C28H28N2O7S/c1-5-33-19-10-8-17(12-21(19)34-6-2)13-23-26(31)30-25(18-9-11-20-22(14-18)37-15-36-20)24(27(32)35-7-3)16(4)29-28(30)38-23/h8-14,25H,5-7,15H2,1-4H3/b23-13-/t25-/m0/s1. The van der Waals surface area contributed by atoms with E-state index in [9.17, 15) is 9.59 Å². The van der Waals surface area contributed by atoms with Gasteiger partial charge in [0.05, 0.1) is 41.7 Å². The molecule has 9 nitrogen and oxygen atoms in total. The SMILES string of the molecule is CCOC(=O)C1=C(C)N=c2s/c(=C\c3ccc(OCC)c(OCC)c3)c(=O)n2[C@H]1c1ccc2c(c1)OCO2. The van der Waals surface area contributed by atoms with Gasteiger partial charge in [-0.25, -0.2) is 9.79 Å². The minimum absolute atomic E-state index is 0.118. The van der Waals surface area contributed by atoms with Crippen LogP contribution in [-0.2, 0) is 9.53 Å². The molecule has 1 aromatic heterocycles. The second-order valence-corrected chi connectivity index (χ2v) is 9.50. The number of allylic oxidation sites excluding steroid dienone is 1. The summed E-state index contributed by atoms with van der Waals surface area (Å²) in [7, 11) is 0. The number of rotatable bonds is 8. The Hall–Kier alpha value is -4.05. The Labute approximate surface area is 223 Å². The van der Waals surface area contributed by atoms with E-state index in [1.165, 1.54) is 11.3 Å². The smallest absolute Gasteiger partial charge is 0.338 e. The molecule has 5 rings (SSSR count). The first-order valence-electron chi connectivity index (χ1n) is 12.4. The second kappa shape index (κ2) is 10.7. The Bertz CT molecular complexity index is 1600. The van der Waals surface area contributed by atoms with Crippen LogP contribution in [0.2, 0.25) is 0 Å². The molecular formula is C28H28N2O7S. The van der Waals surface area contributed by atoms with Gasteiger partial charge in [-0.1, -0.05) is 23.5 Å².